The molecule has 23 heavy (non-hydrogen) atoms. The number of allylic oxidation sites excluding steroid dienone is 1. The fourth-order valence-electron chi connectivity index (χ4n) is 2.07. The number of anilines is 1. The van der Waals surface area contributed by atoms with Crippen LogP contribution in [0, 0.1) is 10.1 Å². The van der Waals surface area contributed by atoms with E-state index in [4.69, 9.17) is 9.47 Å². The second-order valence-corrected chi connectivity index (χ2v) is 4.72. The molecule has 0 bridgehead atoms. The van der Waals surface area contributed by atoms with Crippen LogP contribution in [0.5, 0.6) is 11.5 Å². The molecule has 1 aliphatic rings. The third-order valence-corrected chi connectivity index (χ3v) is 3.20. The van der Waals surface area contributed by atoms with E-state index in [0.717, 1.165) is 0 Å². The van der Waals surface area contributed by atoms with Crippen molar-refractivity contribution >= 4 is 17.2 Å². The van der Waals surface area contributed by atoms with E-state index in [-0.39, 0.29) is 18.3 Å². The van der Waals surface area contributed by atoms with Crippen LogP contribution in [0.3, 0.4) is 0 Å². The largest absolute Gasteiger partial charge is 0.454 e. The summed E-state index contributed by atoms with van der Waals surface area (Å²) in [6.07, 6.45) is 2.78. The molecule has 7 nitrogen and oxygen atoms in total. The summed E-state index contributed by atoms with van der Waals surface area (Å²) in [4.78, 5) is 22.3. The van der Waals surface area contributed by atoms with E-state index in [1.807, 2.05) is 0 Å². The number of nitro benzene ring substituents is 1. The molecule has 0 saturated carbocycles. The molecule has 7 heteroatoms. The maximum Gasteiger partial charge on any atom is 0.271 e. The molecule has 1 aliphatic heterocycles. The van der Waals surface area contributed by atoms with Gasteiger partial charge in [0.15, 0.2) is 17.3 Å². The number of nitrogens with zero attached hydrogens (tertiary/aromatic N) is 1. The number of nitro groups is 1. The van der Waals surface area contributed by atoms with Gasteiger partial charge in [-0.05, 0) is 24.3 Å². The van der Waals surface area contributed by atoms with E-state index in [2.05, 4.69) is 5.32 Å². The van der Waals surface area contributed by atoms with Crippen molar-refractivity contribution in [1.82, 2.24) is 0 Å². The molecule has 0 fully saturated rings. The SMILES string of the molecule is O=C(/C=C/Nc1cccc([N+](=O)[O-])c1)c1ccc2c(c1)OCO2. The molecule has 3 rings (SSSR count). The van der Waals surface area contributed by atoms with Gasteiger partial charge in [-0.3, -0.25) is 14.9 Å². The van der Waals surface area contributed by atoms with Crippen molar-refractivity contribution in [2.45, 2.75) is 0 Å². The van der Waals surface area contributed by atoms with E-state index >= 15 is 0 Å². The van der Waals surface area contributed by atoms with Crippen LogP contribution in [0.25, 0.3) is 0 Å². The number of carbonyl (C=O) groups excluding carboxylic acids is 1. The van der Waals surface area contributed by atoms with Crippen LogP contribution in [0.2, 0.25) is 0 Å². The van der Waals surface area contributed by atoms with Gasteiger partial charge < -0.3 is 14.8 Å². The zero-order chi connectivity index (χ0) is 16.2. The summed E-state index contributed by atoms with van der Waals surface area (Å²) in [5.41, 5.74) is 0.964. The molecule has 1 heterocycles. The molecule has 0 saturated heterocycles. The lowest BCUT2D eigenvalue weighted by Crippen LogP contribution is -1.97. The van der Waals surface area contributed by atoms with Crippen molar-refractivity contribution in [2.75, 3.05) is 12.1 Å². The van der Waals surface area contributed by atoms with Gasteiger partial charge in [-0.15, -0.1) is 0 Å². The highest BCUT2D eigenvalue weighted by Crippen LogP contribution is 2.32. The fraction of sp³-hybridized carbons (Fsp3) is 0.0625. The Morgan fingerprint density at radius 1 is 1.17 bits per heavy atom. The highest BCUT2D eigenvalue weighted by molar-refractivity contribution is 6.05. The quantitative estimate of drug-likeness (QED) is 0.395. The molecule has 0 amide bonds. The first-order valence-electron chi connectivity index (χ1n) is 6.75. The minimum atomic E-state index is -0.480. The number of hydrogen-bond acceptors (Lipinski definition) is 6. The van der Waals surface area contributed by atoms with Gasteiger partial charge in [-0.2, -0.15) is 0 Å². The van der Waals surface area contributed by atoms with Crippen LogP contribution in [-0.2, 0) is 0 Å². The van der Waals surface area contributed by atoms with Gasteiger partial charge in [-0.25, -0.2) is 0 Å². The van der Waals surface area contributed by atoms with Gasteiger partial charge in [0.1, 0.15) is 0 Å². The molecule has 0 atom stereocenters. The normalized spacial score (nSPS) is 12.3. The Morgan fingerprint density at radius 2 is 2.00 bits per heavy atom. The average molecular weight is 312 g/mol. The standard InChI is InChI=1S/C16H12N2O5/c19-14(11-4-5-15-16(8-11)23-10-22-15)6-7-17-12-2-1-3-13(9-12)18(20)21/h1-9,17H,10H2/b7-6+. The lowest BCUT2D eigenvalue weighted by atomic mass is 10.1. The number of fused-ring (bicyclic) bond motifs is 1. The maximum absolute atomic E-state index is 12.1. The van der Waals surface area contributed by atoms with Crippen molar-refractivity contribution in [2.24, 2.45) is 0 Å². The number of ether oxygens (including phenoxy) is 2. The predicted octanol–water partition coefficient (Wildman–Crippen LogP) is 3.13. The van der Waals surface area contributed by atoms with Crippen LogP contribution in [0.4, 0.5) is 11.4 Å². The van der Waals surface area contributed by atoms with Gasteiger partial charge in [0.2, 0.25) is 6.79 Å². The van der Waals surface area contributed by atoms with Crippen LogP contribution in [-0.4, -0.2) is 17.5 Å². The van der Waals surface area contributed by atoms with E-state index in [1.54, 1.807) is 30.3 Å². The average Bonchev–Trinajstić information content (AvgIpc) is 3.02. The molecule has 0 aromatic heterocycles. The minimum Gasteiger partial charge on any atom is -0.454 e. The highest BCUT2D eigenvalue weighted by Gasteiger charge is 2.15. The molecule has 0 radical (unpaired) electrons. The maximum atomic E-state index is 12.1. The van der Waals surface area contributed by atoms with E-state index in [9.17, 15) is 14.9 Å². The molecular weight excluding hydrogens is 300 g/mol. The molecule has 1 N–H and O–H groups in total. The summed E-state index contributed by atoms with van der Waals surface area (Å²) in [6.45, 7) is 0.150. The Labute approximate surface area is 131 Å². The zero-order valence-corrected chi connectivity index (χ0v) is 11.9. The minimum absolute atomic E-state index is 0.0227. The number of ketones is 1. The molecule has 0 unspecified atom stereocenters. The number of carbonyl (C=O) groups is 1. The molecular formula is C16H12N2O5. The Hall–Kier alpha value is -3.35. The second-order valence-electron chi connectivity index (χ2n) is 4.72. The van der Waals surface area contributed by atoms with Gasteiger partial charge in [0.25, 0.3) is 5.69 Å². The van der Waals surface area contributed by atoms with E-state index in [0.29, 0.717) is 22.7 Å². The van der Waals surface area contributed by atoms with Gasteiger partial charge in [0.05, 0.1) is 4.92 Å². The summed E-state index contributed by atoms with van der Waals surface area (Å²) in [5, 5.41) is 13.5. The van der Waals surface area contributed by atoms with Crippen molar-refractivity contribution in [1.29, 1.82) is 0 Å². The molecule has 0 spiro atoms. The van der Waals surface area contributed by atoms with Crippen LogP contribution < -0.4 is 14.8 Å². The molecule has 116 valence electrons. The first-order chi connectivity index (χ1) is 11.1. The number of rotatable bonds is 5. The number of benzene rings is 2. The predicted molar refractivity (Wildman–Crippen MR) is 82.8 cm³/mol. The Bertz CT molecular complexity index is 801. The topological polar surface area (TPSA) is 90.7 Å². The third-order valence-electron chi connectivity index (χ3n) is 3.20. The Balaban J connectivity index is 1.67. The van der Waals surface area contributed by atoms with Crippen molar-refractivity contribution in [3.05, 3.63) is 70.4 Å². The van der Waals surface area contributed by atoms with Crippen LogP contribution >= 0.6 is 0 Å². The molecule has 0 aliphatic carbocycles. The monoisotopic (exact) mass is 312 g/mol. The summed E-state index contributed by atoms with van der Waals surface area (Å²) in [7, 11) is 0. The van der Waals surface area contributed by atoms with Crippen molar-refractivity contribution in [3.63, 3.8) is 0 Å². The highest BCUT2D eigenvalue weighted by atomic mass is 16.7. The van der Waals surface area contributed by atoms with Crippen LogP contribution in [0.1, 0.15) is 10.4 Å². The van der Waals surface area contributed by atoms with Gasteiger partial charge >= 0.3 is 0 Å². The number of nitrogens with one attached hydrogen (secondary N) is 1. The summed E-state index contributed by atoms with van der Waals surface area (Å²) >= 11 is 0. The number of non-ortho nitro benzene ring substituents is 1. The molecule has 2 aromatic carbocycles. The lowest BCUT2D eigenvalue weighted by Gasteiger charge is -2.01. The second kappa shape index (κ2) is 6.18. The number of hydrogen-bond donors (Lipinski definition) is 1. The third kappa shape index (κ3) is 3.29. The Kier molecular flexibility index (Phi) is 3.92. The van der Waals surface area contributed by atoms with E-state index in [1.165, 1.54) is 24.4 Å². The first kappa shape index (κ1) is 14.6. The molecule has 2 aromatic rings. The van der Waals surface area contributed by atoms with Gasteiger partial charge in [-0.1, -0.05) is 6.07 Å². The van der Waals surface area contributed by atoms with Gasteiger partial charge in [0, 0.05) is 35.7 Å². The fourth-order valence-corrected chi connectivity index (χ4v) is 2.07. The summed E-state index contributed by atoms with van der Waals surface area (Å²) in [5.74, 6) is 0.928. The van der Waals surface area contributed by atoms with Crippen LogP contribution in [0.15, 0.2) is 54.7 Å². The summed E-state index contributed by atoms with van der Waals surface area (Å²) in [6, 6.07) is 11.0. The van der Waals surface area contributed by atoms with Crippen molar-refractivity contribution < 1.29 is 19.2 Å². The smallest absolute Gasteiger partial charge is 0.271 e. The summed E-state index contributed by atoms with van der Waals surface area (Å²) < 4.78 is 10.4. The zero-order valence-electron chi connectivity index (χ0n) is 11.9. The Morgan fingerprint density at radius 3 is 2.83 bits per heavy atom. The lowest BCUT2D eigenvalue weighted by molar-refractivity contribution is -0.384. The first-order valence-corrected chi connectivity index (χ1v) is 6.75. The van der Waals surface area contributed by atoms with Crippen molar-refractivity contribution in [3.8, 4) is 11.5 Å². The van der Waals surface area contributed by atoms with E-state index < -0.39 is 4.92 Å².